The predicted octanol–water partition coefficient (Wildman–Crippen LogP) is 4.23. The third-order valence-corrected chi connectivity index (χ3v) is 2.69. The molecule has 0 aromatic heterocycles. The Morgan fingerprint density at radius 1 is 0.882 bits per heavy atom. The Bertz CT molecular complexity index is 452. The summed E-state index contributed by atoms with van der Waals surface area (Å²) in [6.45, 7) is 0. The van der Waals surface area contributed by atoms with Gasteiger partial charge in [0.15, 0.2) is 11.5 Å². The van der Waals surface area contributed by atoms with Gasteiger partial charge in [-0.05, 0) is 18.2 Å². The monoisotopic (exact) mass is 248 g/mol. The Kier molecular flexibility index (Phi) is 3.89. The highest BCUT2D eigenvalue weighted by molar-refractivity contribution is 6.17. The van der Waals surface area contributed by atoms with E-state index in [4.69, 9.17) is 21.1 Å². The number of benzene rings is 2. The molecule has 88 valence electrons. The second-order valence-electron chi connectivity index (χ2n) is 3.49. The molecule has 0 saturated carbocycles. The molecule has 0 saturated heterocycles. The zero-order valence-corrected chi connectivity index (χ0v) is 10.3. The second kappa shape index (κ2) is 5.60. The number of halogens is 1. The summed E-state index contributed by atoms with van der Waals surface area (Å²) >= 11 is 5.86. The Labute approximate surface area is 106 Å². The van der Waals surface area contributed by atoms with Crippen LogP contribution in [-0.4, -0.2) is 7.11 Å². The maximum absolute atomic E-state index is 5.86. The summed E-state index contributed by atoms with van der Waals surface area (Å²) in [5, 5.41) is 0. The highest BCUT2D eigenvalue weighted by atomic mass is 35.5. The summed E-state index contributed by atoms with van der Waals surface area (Å²) < 4.78 is 11.0. The van der Waals surface area contributed by atoms with Crippen molar-refractivity contribution in [2.45, 2.75) is 5.88 Å². The molecule has 0 aliphatic rings. The number of para-hydroxylation sites is 3. The van der Waals surface area contributed by atoms with Gasteiger partial charge in [-0.15, -0.1) is 11.6 Å². The topological polar surface area (TPSA) is 18.5 Å². The predicted molar refractivity (Wildman–Crippen MR) is 69.1 cm³/mol. The Balaban J connectivity index is 2.31. The molecule has 0 aliphatic heterocycles. The van der Waals surface area contributed by atoms with Gasteiger partial charge < -0.3 is 9.47 Å². The Hall–Kier alpha value is -1.67. The van der Waals surface area contributed by atoms with E-state index >= 15 is 0 Å². The van der Waals surface area contributed by atoms with Crippen molar-refractivity contribution in [2.75, 3.05) is 7.11 Å². The molecule has 2 aromatic rings. The maximum Gasteiger partial charge on any atom is 0.169 e. The van der Waals surface area contributed by atoms with E-state index in [1.54, 1.807) is 7.11 Å². The zero-order chi connectivity index (χ0) is 12.1. The van der Waals surface area contributed by atoms with Gasteiger partial charge in [-0.3, -0.25) is 0 Å². The third-order valence-electron chi connectivity index (χ3n) is 2.41. The first-order valence-electron chi connectivity index (χ1n) is 5.30. The van der Waals surface area contributed by atoms with Gasteiger partial charge in [-0.25, -0.2) is 0 Å². The van der Waals surface area contributed by atoms with Crippen LogP contribution in [0.2, 0.25) is 0 Å². The zero-order valence-electron chi connectivity index (χ0n) is 9.52. The van der Waals surface area contributed by atoms with Crippen LogP contribution in [0.4, 0.5) is 0 Å². The van der Waals surface area contributed by atoms with E-state index in [9.17, 15) is 0 Å². The molecule has 0 spiro atoms. The van der Waals surface area contributed by atoms with Gasteiger partial charge in [0.2, 0.25) is 0 Å². The van der Waals surface area contributed by atoms with E-state index in [0.29, 0.717) is 17.4 Å². The summed E-state index contributed by atoms with van der Waals surface area (Å²) in [6, 6.07) is 15.2. The third kappa shape index (κ3) is 2.71. The van der Waals surface area contributed by atoms with Crippen molar-refractivity contribution in [2.24, 2.45) is 0 Å². The average molecular weight is 249 g/mol. The molecule has 0 aliphatic carbocycles. The highest BCUT2D eigenvalue weighted by Crippen LogP contribution is 2.32. The van der Waals surface area contributed by atoms with Crippen molar-refractivity contribution in [3.8, 4) is 17.2 Å². The SMILES string of the molecule is COc1ccccc1Oc1ccccc1CCl. The number of ether oxygens (including phenoxy) is 2. The minimum absolute atomic E-state index is 0.422. The lowest BCUT2D eigenvalue weighted by atomic mass is 10.2. The molecule has 0 amide bonds. The molecular weight excluding hydrogens is 236 g/mol. The fraction of sp³-hybridized carbons (Fsp3) is 0.143. The smallest absolute Gasteiger partial charge is 0.169 e. The molecule has 0 N–H and O–H groups in total. The van der Waals surface area contributed by atoms with Gasteiger partial charge in [-0.1, -0.05) is 30.3 Å². The van der Waals surface area contributed by atoms with E-state index in [0.717, 1.165) is 11.3 Å². The molecule has 2 rings (SSSR count). The summed E-state index contributed by atoms with van der Waals surface area (Å²) in [4.78, 5) is 0. The summed E-state index contributed by atoms with van der Waals surface area (Å²) in [5.74, 6) is 2.57. The maximum atomic E-state index is 5.86. The molecular formula is C14H13ClO2. The highest BCUT2D eigenvalue weighted by Gasteiger charge is 2.07. The quantitative estimate of drug-likeness (QED) is 0.754. The summed E-state index contributed by atoms with van der Waals surface area (Å²) in [5.41, 5.74) is 0.958. The van der Waals surface area contributed by atoms with E-state index in [2.05, 4.69) is 0 Å². The number of hydrogen-bond donors (Lipinski definition) is 0. The molecule has 3 heteroatoms. The van der Waals surface area contributed by atoms with Crippen LogP contribution in [0, 0.1) is 0 Å². The van der Waals surface area contributed by atoms with Crippen molar-refractivity contribution in [3.05, 3.63) is 54.1 Å². The van der Waals surface area contributed by atoms with Crippen LogP contribution in [-0.2, 0) is 5.88 Å². The number of methoxy groups -OCH3 is 1. The van der Waals surface area contributed by atoms with Crippen molar-refractivity contribution >= 4 is 11.6 Å². The van der Waals surface area contributed by atoms with E-state index in [1.807, 2.05) is 48.5 Å². The standard InChI is InChI=1S/C14H13ClO2/c1-16-13-8-4-5-9-14(13)17-12-7-3-2-6-11(12)10-15/h2-9H,10H2,1H3. The molecule has 0 fully saturated rings. The molecule has 0 atom stereocenters. The van der Waals surface area contributed by atoms with Crippen LogP contribution in [0.15, 0.2) is 48.5 Å². The van der Waals surface area contributed by atoms with E-state index in [-0.39, 0.29) is 0 Å². The number of alkyl halides is 1. The van der Waals surface area contributed by atoms with Gasteiger partial charge in [0, 0.05) is 5.56 Å². The lowest BCUT2D eigenvalue weighted by Gasteiger charge is -2.12. The van der Waals surface area contributed by atoms with Crippen LogP contribution in [0.25, 0.3) is 0 Å². The molecule has 17 heavy (non-hydrogen) atoms. The van der Waals surface area contributed by atoms with Crippen LogP contribution >= 0.6 is 11.6 Å². The first kappa shape index (κ1) is 11.8. The van der Waals surface area contributed by atoms with Crippen molar-refractivity contribution in [3.63, 3.8) is 0 Å². The number of hydrogen-bond acceptors (Lipinski definition) is 2. The van der Waals surface area contributed by atoms with E-state index < -0.39 is 0 Å². The molecule has 0 radical (unpaired) electrons. The minimum Gasteiger partial charge on any atom is -0.493 e. The molecule has 2 nitrogen and oxygen atoms in total. The summed E-state index contributed by atoms with van der Waals surface area (Å²) in [7, 11) is 1.62. The second-order valence-corrected chi connectivity index (χ2v) is 3.76. The van der Waals surface area contributed by atoms with Gasteiger partial charge in [0.25, 0.3) is 0 Å². The van der Waals surface area contributed by atoms with Crippen molar-refractivity contribution in [1.29, 1.82) is 0 Å². The lowest BCUT2D eigenvalue weighted by molar-refractivity contribution is 0.378. The number of rotatable bonds is 4. The molecule has 0 bridgehead atoms. The van der Waals surface area contributed by atoms with Crippen LogP contribution in [0.3, 0.4) is 0 Å². The Morgan fingerprint density at radius 2 is 1.47 bits per heavy atom. The van der Waals surface area contributed by atoms with Crippen molar-refractivity contribution < 1.29 is 9.47 Å². The normalized spacial score (nSPS) is 10.0. The fourth-order valence-corrected chi connectivity index (χ4v) is 1.76. The van der Waals surface area contributed by atoms with Crippen LogP contribution in [0.5, 0.6) is 17.2 Å². The first-order valence-corrected chi connectivity index (χ1v) is 5.83. The fourth-order valence-electron chi connectivity index (χ4n) is 1.54. The largest absolute Gasteiger partial charge is 0.493 e. The van der Waals surface area contributed by atoms with Gasteiger partial charge in [0.05, 0.1) is 13.0 Å². The summed E-state index contributed by atoms with van der Waals surface area (Å²) in [6.07, 6.45) is 0. The lowest BCUT2D eigenvalue weighted by Crippen LogP contribution is -1.92. The molecule has 2 aromatic carbocycles. The Morgan fingerprint density at radius 3 is 2.12 bits per heavy atom. The van der Waals surface area contributed by atoms with Gasteiger partial charge in [0.1, 0.15) is 5.75 Å². The molecule has 0 heterocycles. The van der Waals surface area contributed by atoms with Gasteiger partial charge in [-0.2, -0.15) is 0 Å². The molecule has 0 unspecified atom stereocenters. The van der Waals surface area contributed by atoms with Gasteiger partial charge >= 0.3 is 0 Å². The van der Waals surface area contributed by atoms with Crippen LogP contribution in [0.1, 0.15) is 5.56 Å². The van der Waals surface area contributed by atoms with Crippen LogP contribution < -0.4 is 9.47 Å². The van der Waals surface area contributed by atoms with Crippen molar-refractivity contribution in [1.82, 2.24) is 0 Å². The van der Waals surface area contributed by atoms with E-state index in [1.165, 1.54) is 0 Å². The minimum atomic E-state index is 0.422. The average Bonchev–Trinajstić information content (AvgIpc) is 2.40. The first-order chi connectivity index (χ1) is 8.35.